The lowest BCUT2D eigenvalue weighted by Gasteiger charge is -2.10. The van der Waals surface area contributed by atoms with Crippen LogP contribution in [0.25, 0.3) is 0 Å². The topological polar surface area (TPSA) is 78.8 Å². The second-order valence-corrected chi connectivity index (χ2v) is 3.31. The van der Waals surface area contributed by atoms with Crippen LogP contribution in [0.4, 0.5) is 4.79 Å². The van der Waals surface area contributed by atoms with Gasteiger partial charge in [-0.05, 0) is 12.8 Å². The van der Waals surface area contributed by atoms with E-state index in [0.29, 0.717) is 12.8 Å². The number of methoxy groups -OCH3 is 1. The average Bonchev–Trinajstić information content (AvgIpc) is 2.46. The SMILES string of the molecule is COC(=O)N[C@H]1C[C@@H](CO)[C@H](O)C1. The maximum Gasteiger partial charge on any atom is 0.407 e. The second kappa shape index (κ2) is 4.43. The summed E-state index contributed by atoms with van der Waals surface area (Å²) < 4.78 is 4.42. The molecule has 0 aromatic heterocycles. The van der Waals surface area contributed by atoms with Crippen molar-refractivity contribution in [2.45, 2.75) is 25.0 Å². The van der Waals surface area contributed by atoms with Gasteiger partial charge < -0.3 is 20.3 Å². The zero-order valence-electron chi connectivity index (χ0n) is 7.56. The Bertz CT molecular complexity index is 185. The van der Waals surface area contributed by atoms with Crippen LogP contribution in [0.2, 0.25) is 0 Å². The minimum Gasteiger partial charge on any atom is -0.453 e. The summed E-state index contributed by atoms with van der Waals surface area (Å²) in [6.45, 7) is -0.0412. The first-order valence-corrected chi connectivity index (χ1v) is 4.30. The first-order chi connectivity index (χ1) is 6.17. The van der Waals surface area contributed by atoms with Crippen molar-refractivity contribution < 1.29 is 19.7 Å². The number of hydrogen-bond acceptors (Lipinski definition) is 4. The average molecular weight is 189 g/mol. The van der Waals surface area contributed by atoms with Gasteiger partial charge >= 0.3 is 6.09 Å². The Morgan fingerprint density at radius 2 is 2.31 bits per heavy atom. The molecular formula is C8H15NO4. The van der Waals surface area contributed by atoms with E-state index in [-0.39, 0.29) is 18.6 Å². The van der Waals surface area contributed by atoms with E-state index in [2.05, 4.69) is 10.1 Å². The molecule has 0 bridgehead atoms. The number of carbonyl (C=O) groups excluding carboxylic acids is 1. The Kier molecular flexibility index (Phi) is 3.50. The number of carbonyl (C=O) groups is 1. The highest BCUT2D eigenvalue weighted by atomic mass is 16.5. The van der Waals surface area contributed by atoms with Crippen molar-refractivity contribution in [1.82, 2.24) is 5.32 Å². The van der Waals surface area contributed by atoms with Crippen molar-refractivity contribution in [3.8, 4) is 0 Å². The van der Waals surface area contributed by atoms with Crippen molar-refractivity contribution in [3.63, 3.8) is 0 Å². The molecule has 3 atom stereocenters. The van der Waals surface area contributed by atoms with Crippen LogP contribution in [0.3, 0.4) is 0 Å². The van der Waals surface area contributed by atoms with Gasteiger partial charge in [0.1, 0.15) is 0 Å². The number of alkyl carbamates (subject to hydrolysis) is 1. The molecule has 76 valence electrons. The fourth-order valence-electron chi connectivity index (χ4n) is 1.64. The third kappa shape index (κ3) is 2.57. The molecule has 13 heavy (non-hydrogen) atoms. The molecule has 1 saturated carbocycles. The number of amides is 1. The van der Waals surface area contributed by atoms with Crippen molar-refractivity contribution in [3.05, 3.63) is 0 Å². The fraction of sp³-hybridized carbons (Fsp3) is 0.875. The van der Waals surface area contributed by atoms with E-state index in [1.165, 1.54) is 7.11 Å². The first kappa shape index (κ1) is 10.3. The van der Waals surface area contributed by atoms with Crippen molar-refractivity contribution >= 4 is 6.09 Å². The number of ether oxygens (including phenoxy) is 1. The zero-order chi connectivity index (χ0) is 9.84. The van der Waals surface area contributed by atoms with Gasteiger partial charge in [0.15, 0.2) is 0 Å². The molecule has 1 aliphatic carbocycles. The van der Waals surface area contributed by atoms with Crippen LogP contribution in [0.15, 0.2) is 0 Å². The van der Waals surface area contributed by atoms with Gasteiger partial charge in [-0.1, -0.05) is 0 Å². The summed E-state index contributed by atoms with van der Waals surface area (Å²) in [5.41, 5.74) is 0. The van der Waals surface area contributed by atoms with Gasteiger partial charge in [-0.3, -0.25) is 0 Å². The van der Waals surface area contributed by atoms with Crippen LogP contribution in [-0.4, -0.2) is 42.2 Å². The number of nitrogens with one attached hydrogen (secondary N) is 1. The van der Waals surface area contributed by atoms with Crippen molar-refractivity contribution in [1.29, 1.82) is 0 Å². The summed E-state index contributed by atoms with van der Waals surface area (Å²) in [4.78, 5) is 10.8. The molecule has 0 spiro atoms. The zero-order valence-corrected chi connectivity index (χ0v) is 7.56. The summed E-state index contributed by atoms with van der Waals surface area (Å²) >= 11 is 0. The van der Waals surface area contributed by atoms with E-state index in [9.17, 15) is 9.90 Å². The van der Waals surface area contributed by atoms with Gasteiger partial charge in [0.2, 0.25) is 0 Å². The Morgan fingerprint density at radius 3 is 2.77 bits per heavy atom. The summed E-state index contributed by atoms with van der Waals surface area (Å²) in [6, 6.07) is -0.0837. The molecule has 0 aliphatic heterocycles. The number of aliphatic hydroxyl groups is 2. The lowest BCUT2D eigenvalue weighted by Crippen LogP contribution is -2.33. The van der Waals surface area contributed by atoms with E-state index in [1.807, 2.05) is 0 Å². The molecule has 5 heteroatoms. The third-order valence-electron chi connectivity index (χ3n) is 2.40. The van der Waals surface area contributed by atoms with Gasteiger partial charge in [0.25, 0.3) is 0 Å². The van der Waals surface area contributed by atoms with Crippen LogP contribution in [0, 0.1) is 5.92 Å². The van der Waals surface area contributed by atoms with Gasteiger partial charge in [-0.2, -0.15) is 0 Å². The molecule has 1 amide bonds. The molecule has 5 nitrogen and oxygen atoms in total. The standard InChI is InChI=1S/C8H15NO4/c1-13-8(12)9-6-2-5(4-10)7(11)3-6/h5-7,10-11H,2-4H2,1H3,(H,9,12)/t5-,6-,7+/m0/s1. The predicted octanol–water partition coefficient (Wildman–Crippen LogP) is -0.526. The molecule has 1 aliphatic rings. The molecule has 0 heterocycles. The van der Waals surface area contributed by atoms with Gasteiger partial charge in [0.05, 0.1) is 13.2 Å². The number of aliphatic hydroxyl groups excluding tert-OH is 2. The predicted molar refractivity (Wildman–Crippen MR) is 45.1 cm³/mol. The Labute approximate surface area is 76.7 Å². The van der Waals surface area contributed by atoms with Gasteiger partial charge in [-0.15, -0.1) is 0 Å². The highest BCUT2D eigenvalue weighted by molar-refractivity contribution is 5.67. The van der Waals surface area contributed by atoms with Gasteiger partial charge in [0, 0.05) is 18.6 Å². The van der Waals surface area contributed by atoms with E-state index in [4.69, 9.17) is 5.11 Å². The molecule has 0 saturated heterocycles. The van der Waals surface area contributed by atoms with Crippen LogP contribution >= 0.6 is 0 Å². The molecule has 0 radical (unpaired) electrons. The largest absolute Gasteiger partial charge is 0.453 e. The molecule has 0 unspecified atom stereocenters. The van der Waals surface area contributed by atoms with E-state index < -0.39 is 12.2 Å². The minimum absolute atomic E-state index is 0.0412. The summed E-state index contributed by atoms with van der Waals surface area (Å²) in [7, 11) is 1.30. The summed E-state index contributed by atoms with van der Waals surface area (Å²) in [5.74, 6) is -0.123. The lowest BCUT2D eigenvalue weighted by molar-refractivity contribution is 0.0907. The minimum atomic E-state index is -0.521. The molecule has 3 N–H and O–H groups in total. The monoisotopic (exact) mass is 189 g/mol. The molecule has 1 fully saturated rings. The third-order valence-corrected chi connectivity index (χ3v) is 2.40. The molecule has 0 aromatic carbocycles. The molecule has 0 aromatic rings. The van der Waals surface area contributed by atoms with Crippen LogP contribution in [-0.2, 0) is 4.74 Å². The Balaban J connectivity index is 2.35. The molecular weight excluding hydrogens is 174 g/mol. The van der Waals surface area contributed by atoms with E-state index >= 15 is 0 Å². The van der Waals surface area contributed by atoms with Crippen molar-refractivity contribution in [2.75, 3.05) is 13.7 Å². The van der Waals surface area contributed by atoms with Crippen molar-refractivity contribution in [2.24, 2.45) is 5.92 Å². The lowest BCUT2D eigenvalue weighted by atomic mass is 10.1. The quantitative estimate of drug-likeness (QED) is 0.546. The summed E-state index contributed by atoms with van der Waals surface area (Å²) in [5, 5.41) is 20.8. The van der Waals surface area contributed by atoms with Crippen LogP contribution < -0.4 is 5.32 Å². The second-order valence-electron chi connectivity index (χ2n) is 3.31. The number of hydrogen-bond donors (Lipinski definition) is 3. The smallest absolute Gasteiger partial charge is 0.407 e. The Morgan fingerprint density at radius 1 is 1.62 bits per heavy atom. The fourth-order valence-corrected chi connectivity index (χ4v) is 1.64. The summed E-state index contributed by atoms with van der Waals surface area (Å²) in [6.07, 6.45) is 0.0792. The molecule has 1 rings (SSSR count). The maximum absolute atomic E-state index is 10.8. The highest BCUT2D eigenvalue weighted by Gasteiger charge is 2.33. The van der Waals surface area contributed by atoms with E-state index in [1.54, 1.807) is 0 Å². The van der Waals surface area contributed by atoms with E-state index in [0.717, 1.165) is 0 Å². The van der Waals surface area contributed by atoms with Gasteiger partial charge in [-0.25, -0.2) is 4.79 Å². The normalized spacial score (nSPS) is 33.0. The number of rotatable bonds is 2. The van der Waals surface area contributed by atoms with Crippen LogP contribution in [0.5, 0.6) is 0 Å². The highest BCUT2D eigenvalue weighted by Crippen LogP contribution is 2.25. The van der Waals surface area contributed by atoms with Crippen LogP contribution in [0.1, 0.15) is 12.8 Å². The maximum atomic E-state index is 10.8. The first-order valence-electron chi connectivity index (χ1n) is 4.30. The Hall–Kier alpha value is -0.810.